The van der Waals surface area contributed by atoms with Gasteiger partial charge in [-0.1, -0.05) is 25.5 Å². The number of rotatable bonds is 2. The van der Waals surface area contributed by atoms with Crippen molar-refractivity contribution in [1.82, 2.24) is 4.98 Å². The molecular formula is C15H21ClN2O2. The largest absolute Gasteiger partial charge is 0.368 e. The number of carbonyl (C=O) groups excluding carboxylic acids is 1. The zero-order valence-corrected chi connectivity index (χ0v) is 13.0. The molecule has 1 fully saturated rings. The molecule has 0 aliphatic heterocycles. The van der Waals surface area contributed by atoms with Crippen molar-refractivity contribution in [1.29, 1.82) is 5.26 Å². The van der Waals surface area contributed by atoms with E-state index >= 15 is 0 Å². The molecule has 4 nitrogen and oxygen atoms in total. The zero-order chi connectivity index (χ0) is 14.5. The second-order valence-electron chi connectivity index (χ2n) is 5.47. The topological polar surface area (TPSA) is 65.9 Å². The Kier molecular flexibility index (Phi) is 7.09. The van der Waals surface area contributed by atoms with E-state index in [2.05, 4.69) is 15.8 Å². The number of carbonyl (C=O) groups is 1. The summed E-state index contributed by atoms with van der Waals surface area (Å²) in [5, 5.41) is 8.24. The molecule has 1 aliphatic rings. The van der Waals surface area contributed by atoms with E-state index in [9.17, 15) is 4.79 Å². The molecule has 1 N–H and O–H groups in total. The van der Waals surface area contributed by atoms with Crippen LogP contribution in [0.5, 0.6) is 0 Å². The van der Waals surface area contributed by atoms with Crippen LogP contribution in [-0.4, -0.2) is 11.0 Å². The smallest absolute Gasteiger partial charge is 0.325 e. The second kappa shape index (κ2) is 7.76. The maximum Gasteiger partial charge on any atom is 0.325 e. The highest BCUT2D eigenvalue weighted by atomic mass is 35.5. The van der Waals surface area contributed by atoms with E-state index < -0.39 is 5.97 Å². The summed E-state index contributed by atoms with van der Waals surface area (Å²) in [7, 11) is 0. The minimum atomic E-state index is -0.403. The van der Waals surface area contributed by atoms with E-state index in [0.717, 1.165) is 0 Å². The van der Waals surface area contributed by atoms with E-state index in [-0.39, 0.29) is 29.7 Å². The molecule has 1 aliphatic carbocycles. The SMILES string of the molecule is CC(C)=CC1C(C(=O)OC#N)C1(C)C.Cl.c1cc[nH]c1. The van der Waals surface area contributed by atoms with Crippen molar-refractivity contribution in [3.8, 4) is 6.26 Å². The van der Waals surface area contributed by atoms with E-state index in [0.29, 0.717) is 0 Å². The van der Waals surface area contributed by atoms with Crippen LogP contribution < -0.4 is 0 Å². The highest BCUT2D eigenvalue weighted by Gasteiger charge is 2.61. The summed E-state index contributed by atoms with van der Waals surface area (Å²) in [6, 6.07) is 3.89. The average molecular weight is 297 g/mol. The number of aromatic nitrogens is 1. The fourth-order valence-electron chi connectivity index (χ4n) is 2.18. The molecule has 1 aromatic rings. The van der Waals surface area contributed by atoms with Gasteiger partial charge in [0.25, 0.3) is 6.26 Å². The summed E-state index contributed by atoms with van der Waals surface area (Å²) in [5.41, 5.74) is 1.13. The van der Waals surface area contributed by atoms with Gasteiger partial charge in [0.2, 0.25) is 0 Å². The third-order valence-corrected chi connectivity index (χ3v) is 3.32. The number of H-pyrrole nitrogens is 1. The monoisotopic (exact) mass is 296 g/mol. The second-order valence-corrected chi connectivity index (χ2v) is 5.47. The number of esters is 1. The number of nitrogens with zero attached hydrogens (tertiary/aromatic N) is 1. The van der Waals surface area contributed by atoms with Gasteiger partial charge in [-0.3, -0.25) is 4.79 Å². The maximum absolute atomic E-state index is 11.3. The van der Waals surface area contributed by atoms with Crippen LogP contribution in [0, 0.1) is 28.8 Å². The molecule has 110 valence electrons. The van der Waals surface area contributed by atoms with Crippen molar-refractivity contribution >= 4 is 18.4 Å². The number of aromatic amines is 1. The Labute approximate surface area is 126 Å². The fourth-order valence-corrected chi connectivity index (χ4v) is 2.18. The van der Waals surface area contributed by atoms with Crippen LogP contribution in [0.2, 0.25) is 0 Å². The summed E-state index contributed by atoms with van der Waals surface area (Å²) < 4.78 is 4.35. The van der Waals surface area contributed by atoms with E-state index in [1.54, 1.807) is 0 Å². The molecule has 1 aromatic heterocycles. The Morgan fingerprint density at radius 1 is 1.35 bits per heavy atom. The molecule has 0 spiro atoms. The van der Waals surface area contributed by atoms with Gasteiger partial charge in [0.05, 0.1) is 5.92 Å². The molecule has 1 saturated carbocycles. The van der Waals surface area contributed by atoms with Crippen LogP contribution in [0.1, 0.15) is 27.7 Å². The third-order valence-electron chi connectivity index (χ3n) is 3.32. The van der Waals surface area contributed by atoms with E-state index in [4.69, 9.17) is 5.26 Å². The molecule has 2 rings (SSSR count). The van der Waals surface area contributed by atoms with Crippen LogP contribution in [0.15, 0.2) is 36.2 Å². The molecule has 0 bridgehead atoms. The molecule has 2 unspecified atom stereocenters. The first-order valence-electron chi connectivity index (χ1n) is 6.23. The van der Waals surface area contributed by atoms with Crippen LogP contribution >= 0.6 is 12.4 Å². The van der Waals surface area contributed by atoms with Gasteiger partial charge in [-0.25, -0.2) is 0 Å². The Bertz CT molecular complexity index is 465. The van der Waals surface area contributed by atoms with E-state index in [1.165, 1.54) is 11.8 Å². The molecule has 0 saturated heterocycles. The number of hydrogen-bond acceptors (Lipinski definition) is 3. The highest BCUT2D eigenvalue weighted by Crippen LogP contribution is 2.59. The van der Waals surface area contributed by atoms with E-state index in [1.807, 2.05) is 52.2 Å². The number of halogens is 1. The van der Waals surface area contributed by atoms with Crippen LogP contribution in [0.4, 0.5) is 0 Å². The van der Waals surface area contributed by atoms with Crippen molar-refractivity contribution in [3.05, 3.63) is 36.2 Å². The number of hydrogen-bond donors (Lipinski definition) is 1. The molecule has 0 aromatic carbocycles. The average Bonchev–Trinajstić information content (AvgIpc) is 2.77. The number of nitriles is 1. The first kappa shape index (κ1) is 18.3. The first-order valence-corrected chi connectivity index (χ1v) is 6.23. The minimum Gasteiger partial charge on any atom is -0.368 e. The Morgan fingerprint density at radius 2 is 1.90 bits per heavy atom. The van der Waals surface area contributed by atoms with Gasteiger partial charge >= 0.3 is 5.97 Å². The minimum absolute atomic E-state index is 0. The normalized spacial score (nSPS) is 21.1. The number of allylic oxidation sites excluding steroid dienone is 2. The maximum atomic E-state index is 11.3. The van der Waals surface area contributed by atoms with Crippen molar-refractivity contribution in [3.63, 3.8) is 0 Å². The van der Waals surface area contributed by atoms with Crippen molar-refractivity contribution in [2.75, 3.05) is 0 Å². The van der Waals surface area contributed by atoms with Gasteiger partial charge in [-0.15, -0.1) is 17.7 Å². The lowest BCUT2D eigenvalue weighted by atomic mass is 10.1. The summed E-state index contributed by atoms with van der Waals surface area (Å²) >= 11 is 0. The van der Waals surface area contributed by atoms with Crippen LogP contribution in [-0.2, 0) is 9.53 Å². The van der Waals surface area contributed by atoms with Gasteiger partial charge in [0, 0.05) is 12.4 Å². The van der Waals surface area contributed by atoms with Gasteiger partial charge < -0.3 is 9.72 Å². The molecule has 20 heavy (non-hydrogen) atoms. The molecule has 0 radical (unpaired) electrons. The fraction of sp³-hybridized carbons (Fsp3) is 0.467. The van der Waals surface area contributed by atoms with Gasteiger partial charge in [0.15, 0.2) is 0 Å². The standard InChI is InChI=1S/C11H15NO2.C4H5N.ClH/c1-7(2)5-8-9(11(8,3)4)10(13)14-6-12;1-2-4-5-3-1;/h5,8-9H,1-4H3;1-5H;1H. The van der Waals surface area contributed by atoms with Crippen molar-refractivity contribution < 1.29 is 9.53 Å². The lowest BCUT2D eigenvalue weighted by Gasteiger charge is -1.97. The predicted molar refractivity (Wildman–Crippen MR) is 79.9 cm³/mol. The molecule has 0 amide bonds. The molecule has 2 atom stereocenters. The van der Waals surface area contributed by atoms with Gasteiger partial charge in [-0.2, -0.15) is 0 Å². The number of nitrogens with one attached hydrogen (secondary N) is 1. The zero-order valence-electron chi connectivity index (χ0n) is 12.2. The predicted octanol–water partition coefficient (Wildman–Crippen LogP) is 3.69. The Balaban J connectivity index is 0.000000507. The lowest BCUT2D eigenvalue weighted by molar-refractivity contribution is -0.139. The van der Waals surface area contributed by atoms with Crippen LogP contribution in [0.25, 0.3) is 0 Å². The Morgan fingerprint density at radius 3 is 2.25 bits per heavy atom. The molecule has 1 heterocycles. The van der Waals surface area contributed by atoms with Crippen molar-refractivity contribution in [2.24, 2.45) is 17.3 Å². The number of ether oxygens (including phenoxy) is 1. The van der Waals surface area contributed by atoms with Crippen LogP contribution in [0.3, 0.4) is 0 Å². The summed E-state index contributed by atoms with van der Waals surface area (Å²) in [6.07, 6.45) is 7.25. The summed E-state index contributed by atoms with van der Waals surface area (Å²) in [5.74, 6) is -0.342. The quantitative estimate of drug-likeness (QED) is 0.514. The first-order chi connectivity index (χ1) is 8.91. The Hall–Kier alpha value is -1.73. The summed E-state index contributed by atoms with van der Waals surface area (Å²) in [6.45, 7) is 8.03. The highest BCUT2D eigenvalue weighted by molar-refractivity contribution is 5.85. The van der Waals surface area contributed by atoms with Gasteiger partial charge in [0.1, 0.15) is 0 Å². The molecular weight excluding hydrogens is 276 g/mol. The van der Waals surface area contributed by atoms with Gasteiger partial charge in [-0.05, 0) is 37.3 Å². The third kappa shape index (κ3) is 4.75. The lowest BCUT2D eigenvalue weighted by Crippen LogP contribution is -2.07. The van der Waals surface area contributed by atoms with Crippen molar-refractivity contribution in [2.45, 2.75) is 27.7 Å². The molecule has 5 heteroatoms. The summed E-state index contributed by atoms with van der Waals surface area (Å²) in [4.78, 5) is 14.2.